The molecule has 1 atom stereocenters. The van der Waals surface area contributed by atoms with Gasteiger partial charge in [-0.3, -0.25) is 4.79 Å². The van der Waals surface area contributed by atoms with Crippen LogP contribution in [0, 0.1) is 0 Å². The lowest BCUT2D eigenvalue weighted by Crippen LogP contribution is -2.52. The van der Waals surface area contributed by atoms with Crippen molar-refractivity contribution in [2.75, 3.05) is 26.8 Å². The zero-order valence-corrected chi connectivity index (χ0v) is 13.3. The summed E-state index contributed by atoms with van der Waals surface area (Å²) < 4.78 is 7.00. The molecule has 0 aliphatic carbocycles. The third kappa shape index (κ3) is 3.60. The molecule has 1 aromatic heterocycles. The van der Waals surface area contributed by atoms with Crippen LogP contribution in [0.3, 0.4) is 0 Å². The van der Waals surface area contributed by atoms with E-state index in [0.29, 0.717) is 18.7 Å². The molecule has 1 saturated heterocycles. The van der Waals surface area contributed by atoms with E-state index in [1.54, 1.807) is 24.2 Å². The molecule has 1 aromatic carbocycles. The SMILES string of the molecule is COCC1(CNC(=O)c2cnn(-c3ccccc3)c2)CCCN1. The Bertz CT molecular complexity index is 648. The third-order valence-electron chi connectivity index (χ3n) is 4.21. The van der Waals surface area contributed by atoms with Crippen molar-refractivity contribution in [2.24, 2.45) is 0 Å². The Kier molecular flexibility index (Phi) is 4.73. The van der Waals surface area contributed by atoms with Crippen LogP contribution in [0.1, 0.15) is 23.2 Å². The van der Waals surface area contributed by atoms with Gasteiger partial charge in [0.1, 0.15) is 0 Å². The number of methoxy groups -OCH3 is 1. The van der Waals surface area contributed by atoms with Gasteiger partial charge in [-0.05, 0) is 31.5 Å². The number of aromatic nitrogens is 2. The minimum Gasteiger partial charge on any atom is -0.383 e. The number of hydrogen-bond donors (Lipinski definition) is 2. The van der Waals surface area contributed by atoms with E-state index < -0.39 is 0 Å². The average Bonchev–Trinajstić information content (AvgIpc) is 3.24. The van der Waals surface area contributed by atoms with Crippen LogP contribution in [0.4, 0.5) is 0 Å². The summed E-state index contributed by atoms with van der Waals surface area (Å²) in [5.41, 5.74) is 1.33. The number of hydrogen-bond acceptors (Lipinski definition) is 4. The fourth-order valence-electron chi connectivity index (χ4n) is 2.98. The van der Waals surface area contributed by atoms with Crippen molar-refractivity contribution in [1.29, 1.82) is 0 Å². The second-order valence-electron chi connectivity index (χ2n) is 5.94. The Morgan fingerprint density at radius 2 is 2.26 bits per heavy atom. The number of nitrogens with one attached hydrogen (secondary N) is 2. The molecule has 6 heteroatoms. The molecule has 2 aromatic rings. The Morgan fingerprint density at radius 3 is 2.96 bits per heavy atom. The number of amides is 1. The van der Waals surface area contributed by atoms with Crippen LogP contribution in [0.25, 0.3) is 5.69 Å². The zero-order valence-electron chi connectivity index (χ0n) is 13.3. The van der Waals surface area contributed by atoms with Crippen molar-refractivity contribution in [3.05, 3.63) is 48.3 Å². The van der Waals surface area contributed by atoms with Crippen molar-refractivity contribution >= 4 is 5.91 Å². The van der Waals surface area contributed by atoms with Gasteiger partial charge >= 0.3 is 0 Å². The molecule has 1 amide bonds. The third-order valence-corrected chi connectivity index (χ3v) is 4.21. The molecule has 1 aliphatic rings. The Morgan fingerprint density at radius 1 is 1.43 bits per heavy atom. The van der Waals surface area contributed by atoms with E-state index in [2.05, 4.69) is 15.7 Å². The normalized spacial score (nSPS) is 20.6. The summed E-state index contributed by atoms with van der Waals surface area (Å²) in [6.07, 6.45) is 5.44. The highest BCUT2D eigenvalue weighted by Gasteiger charge is 2.33. The van der Waals surface area contributed by atoms with Crippen molar-refractivity contribution < 1.29 is 9.53 Å². The van der Waals surface area contributed by atoms with Gasteiger partial charge in [0.25, 0.3) is 5.91 Å². The zero-order chi connectivity index (χ0) is 16.1. The molecule has 1 aliphatic heterocycles. The molecular formula is C17H22N4O2. The van der Waals surface area contributed by atoms with Crippen LogP contribution in [0.15, 0.2) is 42.7 Å². The predicted octanol–water partition coefficient (Wildman–Crippen LogP) is 1.37. The maximum atomic E-state index is 12.4. The van der Waals surface area contributed by atoms with Gasteiger partial charge in [0.05, 0.1) is 29.6 Å². The monoisotopic (exact) mass is 314 g/mol. The smallest absolute Gasteiger partial charge is 0.254 e. The quantitative estimate of drug-likeness (QED) is 0.845. The van der Waals surface area contributed by atoms with Gasteiger partial charge in [-0.1, -0.05) is 18.2 Å². The Labute approximate surface area is 135 Å². The van der Waals surface area contributed by atoms with Crippen molar-refractivity contribution in [2.45, 2.75) is 18.4 Å². The molecule has 1 fully saturated rings. The van der Waals surface area contributed by atoms with Gasteiger partial charge in [0, 0.05) is 19.9 Å². The highest BCUT2D eigenvalue weighted by Crippen LogP contribution is 2.19. The van der Waals surface area contributed by atoms with Crippen molar-refractivity contribution in [1.82, 2.24) is 20.4 Å². The topological polar surface area (TPSA) is 68.2 Å². The largest absolute Gasteiger partial charge is 0.383 e. The van der Waals surface area contributed by atoms with Crippen molar-refractivity contribution in [3.63, 3.8) is 0 Å². The number of rotatable bonds is 6. The maximum Gasteiger partial charge on any atom is 0.254 e. The fraction of sp³-hybridized carbons (Fsp3) is 0.412. The molecule has 122 valence electrons. The van der Waals surface area contributed by atoms with Gasteiger partial charge < -0.3 is 15.4 Å². The van der Waals surface area contributed by atoms with E-state index in [1.807, 2.05) is 30.3 Å². The summed E-state index contributed by atoms with van der Waals surface area (Å²) >= 11 is 0. The van der Waals surface area contributed by atoms with Crippen LogP contribution in [-0.2, 0) is 4.74 Å². The molecule has 6 nitrogen and oxygen atoms in total. The van der Waals surface area contributed by atoms with E-state index in [1.165, 1.54) is 0 Å². The van der Waals surface area contributed by atoms with Gasteiger partial charge in [-0.2, -0.15) is 5.10 Å². The molecule has 3 rings (SSSR count). The predicted molar refractivity (Wildman–Crippen MR) is 87.7 cm³/mol. The summed E-state index contributed by atoms with van der Waals surface area (Å²) in [5.74, 6) is -0.114. The van der Waals surface area contributed by atoms with Crippen LogP contribution in [0.5, 0.6) is 0 Å². The first-order valence-electron chi connectivity index (χ1n) is 7.85. The highest BCUT2D eigenvalue weighted by molar-refractivity contribution is 5.93. The highest BCUT2D eigenvalue weighted by atomic mass is 16.5. The average molecular weight is 314 g/mol. The number of ether oxygens (including phenoxy) is 1. The summed E-state index contributed by atoms with van der Waals surface area (Å²) in [6.45, 7) is 2.11. The van der Waals surface area contributed by atoms with Crippen molar-refractivity contribution in [3.8, 4) is 5.69 Å². The fourth-order valence-corrected chi connectivity index (χ4v) is 2.98. The van der Waals surface area contributed by atoms with Crippen LogP contribution in [0.2, 0.25) is 0 Å². The summed E-state index contributed by atoms with van der Waals surface area (Å²) in [6, 6.07) is 9.73. The molecule has 0 saturated carbocycles. The molecule has 0 bridgehead atoms. The van der Waals surface area contributed by atoms with E-state index in [0.717, 1.165) is 25.1 Å². The molecule has 1 unspecified atom stereocenters. The molecule has 23 heavy (non-hydrogen) atoms. The number of carbonyl (C=O) groups excluding carboxylic acids is 1. The number of para-hydroxylation sites is 1. The standard InChI is InChI=1S/C17H22N4O2/c1-23-13-17(8-5-9-19-17)12-18-16(22)14-10-20-21(11-14)15-6-3-2-4-7-15/h2-4,6-7,10-11,19H,5,8-9,12-13H2,1H3,(H,18,22). The van der Waals surface area contributed by atoms with Gasteiger partial charge in [0.2, 0.25) is 0 Å². The molecule has 2 N–H and O–H groups in total. The summed E-state index contributed by atoms with van der Waals surface area (Å²) in [7, 11) is 1.69. The lowest BCUT2D eigenvalue weighted by molar-refractivity contribution is 0.0892. The second-order valence-corrected chi connectivity index (χ2v) is 5.94. The summed E-state index contributed by atoms with van der Waals surface area (Å²) in [4.78, 5) is 12.4. The van der Waals surface area contributed by atoms with E-state index in [-0.39, 0.29) is 11.4 Å². The maximum absolute atomic E-state index is 12.4. The Balaban J connectivity index is 1.64. The van der Waals surface area contributed by atoms with E-state index in [4.69, 9.17) is 4.74 Å². The van der Waals surface area contributed by atoms with Crippen LogP contribution < -0.4 is 10.6 Å². The number of nitrogens with zero attached hydrogens (tertiary/aromatic N) is 2. The van der Waals surface area contributed by atoms with Gasteiger partial charge in [-0.15, -0.1) is 0 Å². The first kappa shape index (κ1) is 15.7. The molecule has 0 spiro atoms. The number of carbonyl (C=O) groups is 1. The molecule has 2 heterocycles. The van der Waals surface area contributed by atoms with E-state index >= 15 is 0 Å². The Hall–Kier alpha value is -2.18. The molecular weight excluding hydrogens is 292 g/mol. The first-order chi connectivity index (χ1) is 11.2. The van der Waals surface area contributed by atoms with Crippen LogP contribution in [-0.4, -0.2) is 48.0 Å². The second kappa shape index (κ2) is 6.93. The lowest BCUT2D eigenvalue weighted by Gasteiger charge is -2.28. The first-order valence-corrected chi connectivity index (χ1v) is 7.85. The minimum absolute atomic E-state index is 0.114. The van der Waals surface area contributed by atoms with Gasteiger partial charge in [0.15, 0.2) is 0 Å². The van der Waals surface area contributed by atoms with Gasteiger partial charge in [-0.25, -0.2) is 4.68 Å². The minimum atomic E-state index is -0.153. The van der Waals surface area contributed by atoms with Crippen LogP contribution >= 0.6 is 0 Å². The summed E-state index contributed by atoms with van der Waals surface area (Å²) in [5, 5.41) is 10.7. The van der Waals surface area contributed by atoms with E-state index in [9.17, 15) is 4.79 Å². The molecule has 0 radical (unpaired) electrons. The number of benzene rings is 1. The lowest BCUT2D eigenvalue weighted by atomic mass is 9.98.